The molecule has 0 spiro atoms. The number of halogens is 1. The minimum atomic E-state index is -1.04. The van der Waals surface area contributed by atoms with Crippen molar-refractivity contribution < 1.29 is 14.9 Å². The summed E-state index contributed by atoms with van der Waals surface area (Å²) in [5, 5.41) is 20.1. The summed E-state index contributed by atoms with van der Waals surface area (Å²) in [5.41, 5.74) is 6.74. The first kappa shape index (κ1) is 13.9. The summed E-state index contributed by atoms with van der Waals surface area (Å²) in [7, 11) is 0. The predicted octanol–water partition coefficient (Wildman–Crippen LogP) is 0.0423. The first-order chi connectivity index (χ1) is 9.52. The van der Waals surface area contributed by atoms with Crippen LogP contribution in [0, 0.1) is 3.83 Å². The van der Waals surface area contributed by atoms with E-state index in [0.29, 0.717) is 21.4 Å². The lowest BCUT2D eigenvalue weighted by Gasteiger charge is -2.16. The van der Waals surface area contributed by atoms with Crippen molar-refractivity contribution in [1.29, 1.82) is 0 Å². The van der Waals surface area contributed by atoms with Crippen LogP contribution < -0.4 is 5.73 Å². The molecule has 2 aromatic rings. The molecule has 4 atom stereocenters. The van der Waals surface area contributed by atoms with Gasteiger partial charge in [0.2, 0.25) is 0 Å². The monoisotopic (exact) mass is 391 g/mol. The number of ether oxygens (including phenoxy) is 1. The van der Waals surface area contributed by atoms with Gasteiger partial charge >= 0.3 is 0 Å². The molecular formula is C11H14IN5O3. The van der Waals surface area contributed by atoms with Gasteiger partial charge in [0.1, 0.15) is 17.7 Å². The molecule has 108 valence electrons. The zero-order chi connectivity index (χ0) is 14.4. The average Bonchev–Trinajstić information content (AvgIpc) is 2.93. The van der Waals surface area contributed by atoms with Crippen LogP contribution in [-0.2, 0) is 4.74 Å². The van der Waals surface area contributed by atoms with Crippen molar-refractivity contribution in [2.75, 3.05) is 5.73 Å². The molecule has 0 amide bonds. The van der Waals surface area contributed by atoms with Crippen molar-refractivity contribution in [3.8, 4) is 0 Å². The van der Waals surface area contributed by atoms with Crippen molar-refractivity contribution in [3.05, 3.63) is 10.2 Å². The van der Waals surface area contributed by atoms with Gasteiger partial charge in [-0.25, -0.2) is 15.0 Å². The Morgan fingerprint density at radius 3 is 2.80 bits per heavy atom. The van der Waals surface area contributed by atoms with Gasteiger partial charge in [-0.15, -0.1) is 0 Å². The Hall–Kier alpha value is -1.04. The number of fused-ring (bicyclic) bond motifs is 1. The van der Waals surface area contributed by atoms with Crippen molar-refractivity contribution in [1.82, 2.24) is 19.5 Å². The van der Waals surface area contributed by atoms with Gasteiger partial charge in [0.25, 0.3) is 0 Å². The Bertz CT molecular complexity index is 648. The van der Waals surface area contributed by atoms with Crippen LogP contribution in [0.15, 0.2) is 6.33 Å². The molecule has 20 heavy (non-hydrogen) atoms. The lowest BCUT2D eigenvalue weighted by Crippen LogP contribution is -2.31. The van der Waals surface area contributed by atoms with Gasteiger partial charge in [-0.05, 0) is 6.42 Å². The van der Waals surface area contributed by atoms with Crippen molar-refractivity contribution in [2.24, 2.45) is 0 Å². The number of imidazole rings is 1. The van der Waals surface area contributed by atoms with E-state index in [1.165, 1.54) is 6.33 Å². The van der Waals surface area contributed by atoms with Gasteiger partial charge in [0.15, 0.2) is 21.5 Å². The maximum atomic E-state index is 10.1. The molecule has 3 heterocycles. The molecule has 0 aromatic carbocycles. The fourth-order valence-corrected chi connectivity index (χ4v) is 2.88. The number of nitrogen functional groups attached to an aromatic ring is 1. The summed E-state index contributed by atoms with van der Waals surface area (Å²) in [6.07, 6.45) is -1.01. The van der Waals surface area contributed by atoms with Gasteiger partial charge in [-0.1, -0.05) is 6.92 Å². The largest absolute Gasteiger partial charge is 0.388 e. The van der Waals surface area contributed by atoms with Crippen LogP contribution in [0.5, 0.6) is 0 Å². The molecular weight excluding hydrogens is 377 g/mol. The summed E-state index contributed by atoms with van der Waals surface area (Å²) in [6.45, 7) is 1.89. The molecule has 0 radical (unpaired) electrons. The summed E-state index contributed by atoms with van der Waals surface area (Å²) in [6, 6.07) is 0. The highest BCUT2D eigenvalue weighted by atomic mass is 127. The molecule has 2 aromatic heterocycles. The van der Waals surface area contributed by atoms with Gasteiger partial charge in [0, 0.05) is 22.6 Å². The van der Waals surface area contributed by atoms with Crippen LogP contribution in [0.1, 0.15) is 19.6 Å². The molecule has 0 aliphatic carbocycles. The topological polar surface area (TPSA) is 119 Å². The number of anilines is 1. The first-order valence-corrected chi connectivity index (χ1v) is 7.28. The Balaban J connectivity index is 2.07. The molecule has 4 N–H and O–H groups in total. The summed E-state index contributed by atoms with van der Waals surface area (Å²) in [4.78, 5) is 12.5. The summed E-state index contributed by atoms with van der Waals surface area (Å²) in [5.74, 6) is 0.276. The zero-order valence-electron chi connectivity index (χ0n) is 10.6. The molecule has 1 aliphatic heterocycles. The van der Waals surface area contributed by atoms with Gasteiger partial charge in [-0.2, -0.15) is 0 Å². The fraction of sp³-hybridized carbons (Fsp3) is 0.545. The van der Waals surface area contributed by atoms with E-state index >= 15 is 0 Å². The Morgan fingerprint density at radius 2 is 2.15 bits per heavy atom. The van der Waals surface area contributed by atoms with Crippen LogP contribution in [0.4, 0.5) is 5.82 Å². The quantitative estimate of drug-likeness (QED) is 0.489. The van der Waals surface area contributed by atoms with Gasteiger partial charge in [0.05, 0.1) is 12.4 Å². The Kier molecular flexibility index (Phi) is 3.52. The molecule has 3 rings (SSSR count). The van der Waals surface area contributed by atoms with Gasteiger partial charge in [-0.3, -0.25) is 4.57 Å². The molecule has 1 unspecified atom stereocenters. The number of aromatic nitrogens is 4. The Labute approximate surface area is 128 Å². The van der Waals surface area contributed by atoms with Gasteiger partial charge < -0.3 is 20.7 Å². The standard InChI is InChI=1S/C11H14IN5O3/c1-2-4-6(18)7(19)10(20-4)17-3-14-5-8(13)15-11(12)16-9(5)17/h3-4,6-7,10,18-19H,2H2,1H3,(H2,13,15,16)/t4-,6+,7?,10-/m1/s1. The summed E-state index contributed by atoms with van der Waals surface area (Å²) < 4.78 is 7.75. The van der Waals surface area contributed by atoms with E-state index in [0.717, 1.165) is 0 Å². The van der Waals surface area contributed by atoms with Crippen LogP contribution in [0.3, 0.4) is 0 Å². The summed E-state index contributed by atoms with van der Waals surface area (Å²) >= 11 is 1.96. The Morgan fingerprint density at radius 1 is 1.40 bits per heavy atom. The predicted molar refractivity (Wildman–Crippen MR) is 78.7 cm³/mol. The second-order valence-electron chi connectivity index (χ2n) is 4.66. The van der Waals surface area contributed by atoms with Crippen molar-refractivity contribution >= 4 is 39.6 Å². The number of rotatable bonds is 2. The average molecular weight is 391 g/mol. The number of hydrogen-bond acceptors (Lipinski definition) is 7. The SMILES string of the molecule is CC[C@H]1O[C@@H](n2cnc3c(N)nc(I)nc32)C(O)[C@H]1O. The third-order valence-corrected chi connectivity index (χ3v) is 3.92. The third kappa shape index (κ3) is 2.05. The number of hydrogen-bond donors (Lipinski definition) is 3. The zero-order valence-corrected chi connectivity index (χ0v) is 12.8. The fourth-order valence-electron chi connectivity index (χ4n) is 2.39. The smallest absolute Gasteiger partial charge is 0.194 e. The molecule has 1 aliphatic rings. The van der Waals surface area contributed by atoms with E-state index in [-0.39, 0.29) is 5.82 Å². The molecule has 9 heteroatoms. The van der Waals surface area contributed by atoms with Crippen molar-refractivity contribution in [3.63, 3.8) is 0 Å². The number of aliphatic hydroxyl groups is 2. The van der Waals surface area contributed by atoms with Crippen molar-refractivity contribution in [2.45, 2.75) is 37.9 Å². The minimum Gasteiger partial charge on any atom is -0.388 e. The van der Waals surface area contributed by atoms with Crippen LogP contribution in [0.2, 0.25) is 0 Å². The number of nitrogens with two attached hydrogens (primary N) is 1. The minimum absolute atomic E-state index is 0.276. The molecule has 0 saturated carbocycles. The second-order valence-corrected chi connectivity index (χ2v) is 5.62. The second kappa shape index (κ2) is 5.06. The lowest BCUT2D eigenvalue weighted by atomic mass is 10.1. The maximum Gasteiger partial charge on any atom is 0.194 e. The molecule has 1 saturated heterocycles. The van der Waals surface area contributed by atoms with E-state index in [9.17, 15) is 10.2 Å². The van der Waals surface area contributed by atoms with E-state index in [1.807, 2.05) is 29.5 Å². The van der Waals surface area contributed by atoms with Crippen LogP contribution in [-0.4, -0.2) is 48.0 Å². The van der Waals surface area contributed by atoms with E-state index in [2.05, 4.69) is 15.0 Å². The first-order valence-electron chi connectivity index (χ1n) is 6.20. The van der Waals surface area contributed by atoms with E-state index in [1.54, 1.807) is 4.57 Å². The highest BCUT2D eigenvalue weighted by molar-refractivity contribution is 14.1. The third-order valence-electron chi connectivity index (χ3n) is 3.43. The normalized spacial score (nSPS) is 30.2. The van der Waals surface area contributed by atoms with Crippen LogP contribution >= 0.6 is 22.6 Å². The molecule has 8 nitrogen and oxygen atoms in total. The number of aliphatic hydroxyl groups excluding tert-OH is 2. The van der Waals surface area contributed by atoms with E-state index in [4.69, 9.17) is 10.5 Å². The van der Waals surface area contributed by atoms with Crippen LogP contribution in [0.25, 0.3) is 11.2 Å². The highest BCUT2D eigenvalue weighted by Crippen LogP contribution is 2.33. The van der Waals surface area contributed by atoms with E-state index < -0.39 is 24.5 Å². The molecule has 1 fully saturated rings. The number of nitrogens with zero attached hydrogens (tertiary/aromatic N) is 4. The lowest BCUT2D eigenvalue weighted by molar-refractivity contribution is -0.0355. The maximum absolute atomic E-state index is 10.1. The molecule has 0 bridgehead atoms. The highest BCUT2D eigenvalue weighted by Gasteiger charge is 2.43.